The van der Waals surface area contributed by atoms with E-state index in [4.69, 9.17) is 4.74 Å². The highest BCUT2D eigenvalue weighted by atomic mass is 16.5. The van der Waals surface area contributed by atoms with Crippen LogP contribution in [0.25, 0.3) is 22.5 Å². The Morgan fingerprint density at radius 3 is 2.32 bits per heavy atom. The molecule has 0 saturated carbocycles. The van der Waals surface area contributed by atoms with Gasteiger partial charge in [-0.15, -0.1) is 10.2 Å². The molecule has 1 amide bonds. The molecule has 2 N–H and O–H groups in total. The second kappa shape index (κ2) is 11.0. The first-order valence-electron chi connectivity index (χ1n) is 11.4. The number of tetrazole rings is 1. The average Bonchev–Trinajstić information content (AvgIpc) is 3.37. The second-order valence-corrected chi connectivity index (χ2v) is 8.42. The van der Waals surface area contributed by atoms with Gasteiger partial charge in [0.1, 0.15) is 0 Å². The Bertz CT molecular complexity index is 1100. The van der Waals surface area contributed by atoms with Crippen LogP contribution in [-0.2, 0) is 20.9 Å². The number of benzene rings is 2. The van der Waals surface area contributed by atoms with Gasteiger partial charge in [-0.2, -0.15) is 5.21 Å². The number of nitrogens with one attached hydrogen (secondary N) is 1. The molecule has 0 fully saturated rings. The molecule has 0 radical (unpaired) electrons. The summed E-state index contributed by atoms with van der Waals surface area (Å²) in [5.74, 6) is -1.39. The molecule has 1 unspecified atom stereocenters. The zero-order valence-electron chi connectivity index (χ0n) is 20.0. The van der Waals surface area contributed by atoms with Crippen molar-refractivity contribution in [1.82, 2.24) is 25.5 Å². The van der Waals surface area contributed by atoms with Crippen molar-refractivity contribution in [2.45, 2.75) is 52.3 Å². The van der Waals surface area contributed by atoms with E-state index in [9.17, 15) is 14.7 Å². The van der Waals surface area contributed by atoms with Crippen LogP contribution in [-0.4, -0.2) is 55.3 Å². The van der Waals surface area contributed by atoms with Crippen molar-refractivity contribution >= 4 is 11.9 Å². The number of ether oxygens (including phenoxy) is 1. The molecule has 1 heterocycles. The van der Waals surface area contributed by atoms with Gasteiger partial charge in [-0.1, -0.05) is 75.7 Å². The first-order valence-corrected chi connectivity index (χ1v) is 11.4. The summed E-state index contributed by atoms with van der Waals surface area (Å²) in [6.45, 7) is 5.60. The first-order chi connectivity index (χ1) is 16.3. The number of methoxy groups -OCH3 is 1. The Balaban J connectivity index is 1.95. The van der Waals surface area contributed by atoms with Crippen molar-refractivity contribution in [1.29, 1.82) is 0 Å². The minimum absolute atomic E-state index is 0.119. The number of carbonyl (C=O) groups excluding carboxylic acids is 1. The number of unbranched alkanes of at least 4 members (excludes halogenated alkanes) is 1. The minimum atomic E-state index is -1.76. The van der Waals surface area contributed by atoms with Gasteiger partial charge in [-0.3, -0.25) is 4.79 Å². The van der Waals surface area contributed by atoms with E-state index in [1.165, 1.54) is 12.0 Å². The monoisotopic (exact) mass is 465 g/mol. The van der Waals surface area contributed by atoms with Crippen LogP contribution in [0.3, 0.4) is 0 Å². The molecule has 0 spiro atoms. The molecule has 9 nitrogen and oxygen atoms in total. The summed E-state index contributed by atoms with van der Waals surface area (Å²) in [4.78, 5) is 26.9. The Labute approximate surface area is 199 Å². The van der Waals surface area contributed by atoms with E-state index in [2.05, 4.69) is 20.6 Å². The Morgan fingerprint density at radius 1 is 1.12 bits per heavy atom. The van der Waals surface area contributed by atoms with Crippen LogP contribution >= 0.6 is 0 Å². The number of aromatic nitrogens is 4. The molecule has 0 bridgehead atoms. The zero-order valence-corrected chi connectivity index (χ0v) is 20.0. The largest absolute Gasteiger partial charge is 0.478 e. The number of H-pyrrole nitrogens is 1. The Kier molecular flexibility index (Phi) is 8.12. The molecule has 34 heavy (non-hydrogen) atoms. The molecule has 0 aliphatic heterocycles. The third kappa shape index (κ3) is 4.99. The predicted molar refractivity (Wildman–Crippen MR) is 127 cm³/mol. The summed E-state index contributed by atoms with van der Waals surface area (Å²) < 4.78 is 5.53. The highest BCUT2D eigenvalue weighted by Gasteiger charge is 2.49. The summed E-state index contributed by atoms with van der Waals surface area (Å²) in [7, 11) is 1.34. The van der Waals surface area contributed by atoms with Crippen LogP contribution in [0.2, 0.25) is 0 Å². The third-order valence-corrected chi connectivity index (χ3v) is 5.97. The molecule has 3 aromatic rings. The van der Waals surface area contributed by atoms with Crippen LogP contribution in [0.15, 0.2) is 48.5 Å². The number of carbonyl (C=O) groups is 2. The Hall–Kier alpha value is -3.59. The number of aliphatic carboxylic acids is 1. The van der Waals surface area contributed by atoms with Gasteiger partial charge in [0.05, 0.1) is 0 Å². The molecule has 0 aliphatic rings. The number of carboxylic acid groups (broad SMARTS) is 1. The van der Waals surface area contributed by atoms with E-state index in [0.29, 0.717) is 12.2 Å². The predicted octanol–water partition coefficient (Wildman–Crippen LogP) is 4.14. The van der Waals surface area contributed by atoms with Gasteiger partial charge in [-0.25, -0.2) is 4.79 Å². The summed E-state index contributed by atoms with van der Waals surface area (Å²) in [5.41, 5.74) is 1.76. The van der Waals surface area contributed by atoms with Crippen molar-refractivity contribution in [2.75, 3.05) is 7.11 Å². The number of carboxylic acids is 1. The summed E-state index contributed by atoms with van der Waals surface area (Å²) in [6, 6.07) is 15.4. The lowest BCUT2D eigenvalue weighted by Crippen LogP contribution is -2.61. The maximum atomic E-state index is 13.1. The normalized spacial score (nSPS) is 13.0. The van der Waals surface area contributed by atoms with Gasteiger partial charge in [-0.05, 0) is 28.3 Å². The van der Waals surface area contributed by atoms with Crippen LogP contribution in [0.5, 0.6) is 0 Å². The quantitative estimate of drug-likeness (QED) is 0.408. The van der Waals surface area contributed by atoms with E-state index >= 15 is 0 Å². The van der Waals surface area contributed by atoms with Crippen LogP contribution in [0.4, 0.5) is 0 Å². The second-order valence-electron chi connectivity index (χ2n) is 8.42. The molecular weight excluding hydrogens is 434 g/mol. The lowest BCUT2D eigenvalue weighted by Gasteiger charge is -2.42. The number of nitrogens with zero attached hydrogens (tertiary/aromatic N) is 4. The highest BCUT2D eigenvalue weighted by molar-refractivity contribution is 5.86. The fraction of sp³-hybridized carbons (Fsp3) is 0.400. The van der Waals surface area contributed by atoms with Gasteiger partial charge in [0.25, 0.3) is 0 Å². The van der Waals surface area contributed by atoms with Crippen LogP contribution < -0.4 is 0 Å². The fourth-order valence-electron chi connectivity index (χ4n) is 4.14. The van der Waals surface area contributed by atoms with E-state index in [1.54, 1.807) is 13.8 Å². The fourth-order valence-corrected chi connectivity index (χ4v) is 4.14. The number of aromatic amines is 1. The molecule has 1 atom stereocenters. The van der Waals surface area contributed by atoms with Crippen molar-refractivity contribution in [3.8, 4) is 22.5 Å². The van der Waals surface area contributed by atoms with Crippen LogP contribution in [0, 0.1) is 5.92 Å². The van der Waals surface area contributed by atoms with E-state index in [1.807, 2.05) is 55.5 Å². The Morgan fingerprint density at radius 2 is 1.79 bits per heavy atom. The molecule has 2 aromatic carbocycles. The summed E-state index contributed by atoms with van der Waals surface area (Å²) >= 11 is 0. The smallest absolute Gasteiger partial charge is 0.357 e. The highest BCUT2D eigenvalue weighted by Crippen LogP contribution is 2.32. The summed E-state index contributed by atoms with van der Waals surface area (Å²) in [6.07, 6.45) is 1.78. The SMILES string of the molecule is CCCCC(=O)N(Cc1ccc(-c2ccccc2-c2nn[nH]n2)cc1)C(OC)(C(=O)O)C(C)C. The number of hydrogen-bond acceptors (Lipinski definition) is 6. The minimum Gasteiger partial charge on any atom is -0.478 e. The van der Waals surface area contributed by atoms with Crippen molar-refractivity contribution in [3.05, 3.63) is 54.1 Å². The standard InChI is InChI=1S/C25H31N5O4/c1-5-6-11-22(31)30(25(34-4,17(2)3)24(32)33)16-18-12-14-19(15-13-18)20-9-7-8-10-21(20)23-26-28-29-27-23/h7-10,12-15,17H,5-6,11,16H2,1-4H3,(H,32,33)(H,26,27,28,29). The maximum Gasteiger partial charge on any atom is 0.357 e. The third-order valence-electron chi connectivity index (χ3n) is 5.97. The molecule has 0 saturated heterocycles. The lowest BCUT2D eigenvalue weighted by molar-refractivity contribution is -0.208. The number of hydrogen-bond donors (Lipinski definition) is 2. The lowest BCUT2D eigenvalue weighted by atomic mass is 9.95. The first kappa shape index (κ1) is 25.0. The molecular formula is C25H31N5O4. The van der Waals surface area contributed by atoms with E-state index < -0.39 is 17.6 Å². The number of rotatable bonds is 11. The van der Waals surface area contributed by atoms with Gasteiger partial charge in [0, 0.05) is 31.6 Å². The topological polar surface area (TPSA) is 121 Å². The average molecular weight is 466 g/mol. The van der Waals surface area contributed by atoms with Crippen molar-refractivity contribution in [2.24, 2.45) is 5.92 Å². The van der Waals surface area contributed by atoms with Gasteiger partial charge >= 0.3 is 5.97 Å². The molecule has 3 rings (SSSR count). The van der Waals surface area contributed by atoms with Gasteiger partial charge < -0.3 is 14.7 Å². The zero-order chi connectivity index (χ0) is 24.7. The van der Waals surface area contributed by atoms with Crippen molar-refractivity contribution < 1.29 is 19.4 Å². The van der Waals surface area contributed by atoms with Gasteiger partial charge in [0.2, 0.25) is 17.5 Å². The molecule has 9 heteroatoms. The summed E-state index contributed by atoms with van der Waals surface area (Å²) in [5, 5.41) is 24.4. The molecule has 180 valence electrons. The van der Waals surface area contributed by atoms with Gasteiger partial charge in [0.15, 0.2) is 0 Å². The van der Waals surface area contributed by atoms with Crippen LogP contribution in [0.1, 0.15) is 45.6 Å². The molecule has 1 aromatic heterocycles. The van der Waals surface area contributed by atoms with Crippen molar-refractivity contribution in [3.63, 3.8) is 0 Å². The van der Waals surface area contributed by atoms with E-state index in [-0.39, 0.29) is 18.9 Å². The molecule has 0 aliphatic carbocycles. The maximum absolute atomic E-state index is 13.1. The van der Waals surface area contributed by atoms with E-state index in [0.717, 1.165) is 28.7 Å². The number of amides is 1.